The minimum atomic E-state index is -0.233. The van der Waals surface area contributed by atoms with Crippen LogP contribution in [-0.2, 0) is 6.54 Å². The summed E-state index contributed by atoms with van der Waals surface area (Å²) in [5, 5.41) is 13.1. The van der Waals surface area contributed by atoms with Crippen molar-refractivity contribution >= 4 is 0 Å². The van der Waals surface area contributed by atoms with E-state index >= 15 is 0 Å². The molecule has 0 saturated carbocycles. The lowest BCUT2D eigenvalue weighted by Gasteiger charge is -2.29. The van der Waals surface area contributed by atoms with E-state index in [-0.39, 0.29) is 12.1 Å². The van der Waals surface area contributed by atoms with E-state index in [1.54, 1.807) is 0 Å². The Bertz CT molecular complexity index is 315. The molecule has 1 saturated heterocycles. The molecule has 1 aliphatic rings. The van der Waals surface area contributed by atoms with Gasteiger partial charge in [-0.25, -0.2) is 0 Å². The molecule has 2 rings (SSSR count). The second-order valence-corrected chi connectivity index (χ2v) is 4.34. The Morgan fingerprint density at radius 3 is 2.62 bits per heavy atom. The molecule has 2 atom stereocenters. The molecule has 1 fully saturated rings. The molecule has 0 aliphatic carbocycles. The van der Waals surface area contributed by atoms with Crippen molar-refractivity contribution in [2.45, 2.75) is 25.6 Å². The minimum Gasteiger partial charge on any atom is -0.390 e. The van der Waals surface area contributed by atoms with Gasteiger partial charge in [0.2, 0.25) is 0 Å². The van der Waals surface area contributed by atoms with Crippen molar-refractivity contribution in [1.82, 2.24) is 10.2 Å². The average Bonchev–Trinajstić information content (AvgIpc) is 2.74. The largest absolute Gasteiger partial charge is 0.390 e. The smallest absolute Gasteiger partial charge is 0.0831 e. The average molecular weight is 220 g/mol. The van der Waals surface area contributed by atoms with E-state index in [4.69, 9.17) is 0 Å². The molecule has 0 aromatic heterocycles. The minimum absolute atomic E-state index is 0.233. The summed E-state index contributed by atoms with van der Waals surface area (Å²) >= 11 is 0. The van der Waals surface area contributed by atoms with Gasteiger partial charge in [-0.1, -0.05) is 37.3 Å². The first-order valence-corrected chi connectivity index (χ1v) is 5.98. The highest BCUT2D eigenvalue weighted by Crippen LogP contribution is 2.13. The van der Waals surface area contributed by atoms with E-state index in [9.17, 15) is 5.11 Å². The molecular formula is C13H20N2O. The fraction of sp³-hybridized carbons (Fsp3) is 0.538. The third-order valence-corrected chi connectivity index (χ3v) is 3.25. The lowest BCUT2D eigenvalue weighted by atomic mass is 10.1. The predicted octanol–water partition coefficient (Wildman–Crippen LogP) is 0.841. The van der Waals surface area contributed by atoms with Crippen LogP contribution < -0.4 is 5.32 Å². The second kappa shape index (κ2) is 5.43. The van der Waals surface area contributed by atoms with Crippen LogP contribution in [0, 0.1) is 0 Å². The summed E-state index contributed by atoms with van der Waals surface area (Å²) in [5.41, 5.74) is 1.31. The SMILES string of the molecule is CCN(Cc1ccccc1)C1CNCC1O. The van der Waals surface area contributed by atoms with Crippen LogP contribution in [0.25, 0.3) is 0 Å². The lowest BCUT2D eigenvalue weighted by Crippen LogP contribution is -2.42. The fourth-order valence-corrected chi connectivity index (χ4v) is 2.31. The number of rotatable bonds is 4. The number of aliphatic hydroxyl groups is 1. The predicted molar refractivity (Wildman–Crippen MR) is 65.2 cm³/mol. The summed E-state index contributed by atoms with van der Waals surface area (Å²) in [6, 6.07) is 10.7. The van der Waals surface area contributed by atoms with Crippen LogP contribution in [-0.4, -0.2) is 41.8 Å². The van der Waals surface area contributed by atoms with Gasteiger partial charge in [0.15, 0.2) is 0 Å². The van der Waals surface area contributed by atoms with Crippen molar-refractivity contribution in [3.8, 4) is 0 Å². The third kappa shape index (κ3) is 2.61. The van der Waals surface area contributed by atoms with Gasteiger partial charge in [-0.15, -0.1) is 0 Å². The Labute approximate surface area is 97.1 Å². The van der Waals surface area contributed by atoms with Crippen LogP contribution in [0.5, 0.6) is 0 Å². The van der Waals surface area contributed by atoms with Crippen LogP contribution in [0.2, 0.25) is 0 Å². The molecule has 2 unspecified atom stereocenters. The Morgan fingerprint density at radius 2 is 2.06 bits per heavy atom. The molecule has 3 heteroatoms. The molecule has 0 spiro atoms. The van der Waals surface area contributed by atoms with Crippen molar-refractivity contribution in [1.29, 1.82) is 0 Å². The second-order valence-electron chi connectivity index (χ2n) is 4.34. The normalized spacial score (nSPS) is 25.2. The molecule has 1 aliphatic heterocycles. The summed E-state index contributed by atoms with van der Waals surface area (Å²) in [5.74, 6) is 0. The zero-order valence-corrected chi connectivity index (χ0v) is 9.76. The van der Waals surface area contributed by atoms with Crippen molar-refractivity contribution in [3.05, 3.63) is 35.9 Å². The molecular weight excluding hydrogens is 200 g/mol. The van der Waals surface area contributed by atoms with E-state index in [1.807, 2.05) is 6.07 Å². The van der Waals surface area contributed by atoms with Crippen molar-refractivity contribution in [2.75, 3.05) is 19.6 Å². The molecule has 1 heterocycles. The molecule has 1 aromatic carbocycles. The summed E-state index contributed by atoms with van der Waals surface area (Å²) < 4.78 is 0. The molecule has 0 bridgehead atoms. The highest BCUT2D eigenvalue weighted by molar-refractivity contribution is 5.14. The highest BCUT2D eigenvalue weighted by atomic mass is 16.3. The van der Waals surface area contributed by atoms with Gasteiger partial charge >= 0.3 is 0 Å². The molecule has 0 amide bonds. The molecule has 16 heavy (non-hydrogen) atoms. The van der Waals surface area contributed by atoms with Gasteiger partial charge in [0.05, 0.1) is 6.10 Å². The maximum Gasteiger partial charge on any atom is 0.0831 e. The molecule has 3 nitrogen and oxygen atoms in total. The van der Waals surface area contributed by atoms with E-state index in [2.05, 4.69) is 41.4 Å². The van der Waals surface area contributed by atoms with Gasteiger partial charge in [-0.3, -0.25) is 4.90 Å². The first-order valence-electron chi connectivity index (χ1n) is 5.98. The van der Waals surface area contributed by atoms with Gasteiger partial charge in [-0.05, 0) is 12.1 Å². The van der Waals surface area contributed by atoms with Gasteiger partial charge in [0.25, 0.3) is 0 Å². The molecule has 1 aromatic rings. The Morgan fingerprint density at radius 1 is 1.31 bits per heavy atom. The van der Waals surface area contributed by atoms with Crippen molar-refractivity contribution < 1.29 is 5.11 Å². The molecule has 88 valence electrons. The van der Waals surface area contributed by atoms with E-state index in [0.29, 0.717) is 0 Å². The number of β-amino-alcohol motifs (C(OH)–C–C–N with tert-alkyl or cyclic N) is 1. The van der Waals surface area contributed by atoms with Gasteiger partial charge in [-0.2, -0.15) is 0 Å². The van der Waals surface area contributed by atoms with Crippen LogP contribution in [0.15, 0.2) is 30.3 Å². The molecule has 2 N–H and O–H groups in total. The number of nitrogens with zero attached hydrogens (tertiary/aromatic N) is 1. The summed E-state index contributed by atoms with van der Waals surface area (Å²) in [6.07, 6.45) is -0.233. The number of aliphatic hydroxyl groups excluding tert-OH is 1. The van der Waals surface area contributed by atoms with Gasteiger partial charge in [0, 0.05) is 25.7 Å². The first-order chi connectivity index (χ1) is 7.81. The lowest BCUT2D eigenvalue weighted by molar-refractivity contribution is 0.0818. The van der Waals surface area contributed by atoms with Crippen LogP contribution in [0.4, 0.5) is 0 Å². The molecule has 0 radical (unpaired) electrons. The van der Waals surface area contributed by atoms with Gasteiger partial charge < -0.3 is 10.4 Å². The Hall–Kier alpha value is -0.900. The number of benzene rings is 1. The number of nitrogens with one attached hydrogen (secondary N) is 1. The fourth-order valence-electron chi connectivity index (χ4n) is 2.31. The zero-order chi connectivity index (χ0) is 11.4. The van der Waals surface area contributed by atoms with Crippen molar-refractivity contribution in [2.24, 2.45) is 0 Å². The summed E-state index contributed by atoms with van der Waals surface area (Å²) in [7, 11) is 0. The van der Waals surface area contributed by atoms with Crippen molar-refractivity contribution in [3.63, 3.8) is 0 Å². The first kappa shape index (κ1) is 11.6. The Kier molecular flexibility index (Phi) is 3.93. The Balaban J connectivity index is 2.00. The van der Waals surface area contributed by atoms with E-state index in [1.165, 1.54) is 5.56 Å². The van der Waals surface area contributed by atoms with Crippen LogP contribution in [0.3, 0.4) is 0 Å². The number of likely N-dealkylation sites (N-methyl/N-ethyl adjacent to an activating group) is 1. The number of hydrogen-bond acceptors (Lipinski definition) is 3. The highest BCUT2D eigenvalue weighted by Gasteiger charge is 2.29. The third-order valence-electron chi connectivity index (χ3n) is 3.25. The topological polar surface area (TPSA) is 35.5 Å². The van der Waals surface area contributed by atoms with Crippen LogP contribution >= 0.6 is 0 Å². The summed E-state index contributed by atoms with van der Waals surface area (Å²) in [4.78, 5) is 2.33. The summed E-state index contributed by atoms with van der Waals surface area (Å²) in [6.45, 7) is 5.64. The van der Waals surface area contributed by atoms with Crippen LogP contribution in [0.1, 0.15) is 12.5 Å². The number of hydrogen-bond donors (Lipinski definition) is 2. The monoisotopic (exact) mass is 220 g/mol. The zero-order valence-electron chi connectivity index (χ0n) is 9.76. The van der Waals surface area contributed by atoms with Gasteiger partial charge in [0.1, 0.15) is 0 Å². The van der Waals surface area contributed by atoms with E-state index in [0.717, 1.165) is 26.2 Å². The quantitative estimate of drug-likeness (QED) is 0.789. The maximum absolute atomic E-state index is 9.86. The van der Waals surface area contributed by atoms with E-state index < -0.39 is 0 Å². The standard InChI is InChI=1S/C13H20N2O/c1-2-15(12-8-14-9-13(12)16)10-11-6-4-3-5-7-11/h3-7,12-14,16H,2,8-10H2,1H3. The maximum atomic E-state index is 9.86.